The lowest BCUT2D eigenvalue weighted by Gasteiger charge is -2.16. The maximum Gasteiger partial charge on any atom is 0.0666 e. The highest BCUT2D eigenvalue weighted by Gasteiger charge is 2.03. The quantitative estimate of drug-likeness (QED) is 0.635. The van der Waals surface area contributed by atoms with Gasteiger partial charge in [0.2, 0.25) is 0 Å². The third-order valence-corrected chi connectivity index (χ3v) is 1.82. The van der Waals surface area contributed by atoms with E-state index in [0.717, 1.165) is 25.3 Å². The lowest BCUT2D eigenvalue weighted by molar-refractivity contribution is 0.312. The fourth-order valence-corrected chi connectivity index (χ4v) is 1.08. The maximum absolute atomic E-state index is 8.52. The molecule has 0 spiro atoms. The molecule has 0 N–H and O–H groups in total. The first-order valence-electron chi connectivity index (χ1n) is 3.89. The summed E-state index contributed by atoms with van der Waals surface area (Å²) in [4.78, 5) is 2.17. The van der Waals surface area contributed by atoms with Crippen molar-refractivity contribution in [3.63, 3.8) is 0 Å². The molecule has 0 amide bonds. The second-order valence-corrected chi connectivity index (χ2v) is 3.32. The van der Waals surface area contributed by atoms with Gasteiger partial charge in [-0.15, -0.1) is 0 Å². The van der Waals surface area contributed by atoms with Crippen molar-refractivity contribution in [1.82, 2.24) is 4.90 Å². The van der Waals surface area contributed by atoms with Crippen molar-refractivity contribution in [2.75, 3.05) is 25.9 Å². The van der Waals surface area contributed by atoms with Gasteiger partial charge >= 0.3 is 0 Å². The Kier molecular flexibility index (Phi) is 6.39. The summed E-state index contributed by atoms with van der Waals surface area (Å²) in [6, 6.07) is 2.21. The van der Waals surface area contributed by atoms with E-state index in [1.807, 2.05) is 14.0 Å². The van der Waals surface area contributed by atoms with Gasteiger partial charge in [-0.1, -0.05) is 0 Å². The molecule has 0 aromatic rings. The van der Waals surface area contributed by atoms with E-state index in [0.29, 0.717) is 0 Å². The average molecular weight is 172 g/mol. The van der Waals surface area contributed by atoms with Crippen LogP contribution in [-0.4, -0.2) is 30.8 Å². The third kappa shape index (κ3) is 6.21. The van der Waals surface area contributed by atoms with Crippen molar-refractivity contribution in [1.29, 1.82) is 5.26 Å². The van der Waals surface area contributed by atoms with Crippen molar-refractivity contribution >= 4 is 12.6 Å². The van der Waals surface area contributed by atoms with Crippen molar-refractivity contribution in [2.24, 2.45) is 5.92 Å². The van der Waals surface area contributed by atoms with Gasteiger partial charge in [0.1, 0.15) is 0 Å². The van der Waals surface area contributed by atoms with Crippen LogP contribution in [0.5, 0.6) is 0 Å². The van der Waals surface area contributed by atoms with E-state index in [9.17, 15) is 0 Å². The molecule has 0 aliphatic rings. The molecular weight excluding hydrogens is 156 g/mol. The average Bonchev–Trinajstić information content (AvgIpc) is 2.00. The Bertz CT molecular complexity index is 131. The van der Waals surface area contributed by atoms with Crippen LogP contribution >= 0.6 is 12.6 Å². The number of thiol groups is 1. The first kappa shape index (κ1) is 10.8. The standard InChI is InChI=1S/C8H16N2S/c1-8(6-9)7-10(2)4-3-5-11/h8,11H,3-5,7H2,1-2H3. The molecule has 0 heterocycles. The molecule has 0 radical (unpaired) electrons. The van der Waals surface area contributed by atoms with Crippen molar-refractivity contribution in [2.45, 2.75) is 13.3 Å². The summed E-state index contributed by atoms with van der Waals surface area (Å²) < 4.78 is 0. The molecule has 3 heteroatoms. The molecule has 64 valence electrons. The maximum atomic E-state index is 8.52. The second-order valence-electron chi connectivity index (χ2n) is 2.87. The molecule has 0 rings (SSSR count). The summed E-state index contributed by atoms with van der Waals surface area (Å²) >= 11 is 4.12. The van der Waals surface area contributed by atoms with Gasteiger partial charge < -0.3 is 4.90 Å². The lowest BCUT2D eigenvalue weighted by atomic mass is 10.2. The summed E-state index contributed by atoms with van der Waals surface area (Å²) in [5.41, 5.74) is 0. The predicted octanol–water partition coefficient (Wildman–Crippen LogP) is 1.40. The molecule has 1 unspecified atom stereocenters. The third-order valence-electron chi connectivity index (χ3n) is 1.50. The molecule has 1 atom stereocenters. The summed E-state index contributed by atoms with van der Waals surface area (Å²) in [5, 5.41) is 8.52. The zero-order valence-electron chi connectivity index (χ0n) is 7.25. The van der Waals surface area contributed by atoms with Crippen LogP contribution < -0.4 is 0 Å². The minimum Gasteiger partial charge on any atom is -0.305 e. The van der Waals surface area contributed by atoms with E-state index in [-0.39, 0.29) is 5.92 Å². The Morgan fingerprint density at radius 2 is 2.27 bits per heavy atom. The zero-order chi connectivity index (χ0) is 8.69. The van der Waals surface area contributed by atoms with Crippen LogP contribution in [-0.2, 0) is 0 Å². The van der Waals surface area contributed by atoms with Gasteiger partial charge in [0.15, 0.2) is 0 Å². The first-order chi connectivity index (χ1) is 5.20. The van der Waals surface area contributed by atoms with E-state index in [1.54, 1.807) is 0 Å². The van der Waals surface area contributed by atoms with Crippen LogP contribution in [0.1, 0.15) is 13.3 Å². The number of nitrogens with zero attached hydrogens (tertiary/aromatic N) is 2. The van der Waals surface area contributed by atoms with Crippen molar-refractivity contribution < 1.29 is 0 Å². The molecule has 0 saturated carbocycles. The molecule has 0 aromatic carbocycles. The number of nitriles is 1. The van der Waals surface area contributed by atoms with Crippen LogP contribution in [0, 0.1) is 17.2 Å². The minimum absolute atomic E-state index is 0.139. The van der Waals surface area contributed by atoms with E-state index in [2.05, 4.69) is 23.6 Å². The number of hydrogen-bond acceptors (Lipinski definition) is 3. The van der Waals surface area contributed by atoms with Gasteiger partial charge in [-0.05, 0) is 32.7 Å². The molecule has 0 fully saturated rings. The lowest BCUT2D eigenvalue weighted by Crippen LogP contribution is -2.25. The largest absolute Gasteiger partial charge is 0.305 e. The van der Waals surface area contributed by atoms with Gasteiger partial charge in [0, 0.05) is 6.54 Å². The highest BCUT2D eigenvalue weighted by atomic mass is 32.1. The molecule has 0 bridgehead atoms. The molecular formula is C8H16N2S. The Hall–Kier alpha value is -0.200. The summed E-state index contributed by atoms with van der Waals surface area (Å²) in [6.07, 6.45) is 1.09. The second kappa shape index (κ2) is 6.51. The Balaban J connectivity index is 3.37. The minimum atomic E-state index is 0.139. The monoisotopic (exact) mass is 172 g/mol. The first-order valence-corrected chi connectivity index (χ1v) is 4.53. The van der Waals surface area contributed by atoms with Crippen LogP contribution in [0.15, 0.2) is 0 Å². The van der Waals surface area contributed by atoms with Crippen molar-refractivity contribution in [3.05, 3.63) is 0 Å². The predicted molar refractivity (Wildman–Crippen MR) is 50.7 cm³/mol. The van der Waals surface area contributed by atoms with Crippen LogP contribution in [0.4, 0.5) is 0 Å². The van der Waals surface area contributed by atoms with Crippen LogP contribution in [0.2, 0.25) is 0 Å². The summed E-state index contributed by atoms with van der Waals surface area (Å²) in [7, 11) is 2.04. The van der Waals surface area contributed by atoms with E-state index < -0.39 is 0 Å². The molecule has 11 heavy (non-hydrogen) atoms. The smallest absolute Gasteiger partial charge is 0.0666 e. The van der Waals surface area contributed by atoms with Gasteiger partial charge in [-0.25, -0.2) is 0 Å². The molecule has 0 aromatic heterocycles. The van der Waals surface area contributed by atoms with Crippen LogP contribution in [0.25, 0.3) is 0 Å². The van der Waals surface area contributed by atoms with Crippen LogP contribution in [0.3, 0.4) is 0 Å². The van der Waals surface area contributed by atoms with E-state index in [4.69, 9.17) is 5.26 Å². The van der Waals surface area contributed by atoms with E-state index in [1.165, 1.54) is 0 Å². The molecule has 0 aliphatic heterocycles. The van der Waals surface area contributed by atoms with Gasteiger partial charge in [0.25, 0.3) is 0 Å². The molecule has 0 saturated heterocycles. The Morgan fingerprint density at radius 3 is 2.73 bits per heavy atom. The molecule has 0 aliphatic carbocycles. The fraction of sp³-hybridized carbons (Fsp3) is 0.875. The highest BCUT2D eigenvalue weighted by molar-refractivity contribution is 7.80. The van der Waals surface area contributed by atoms with Gasteiger partial charge in [0.05, 0.1) is 12.0 Å². The molecule has 2 nitrogen and oxygen atoms in total. The van der Waals surface area contributed by atoms with Gasteiger partial charge in [-0.2, -0.15) is 17.9 Å². The SMILES string of the molecule is CC(C#N)CN(C)CCCS. The number of rotatable bonds is 5. The van der Waals surface area contributed by atoms with Gasteiger partial charge in [-0.3, -0.25) is 0 Å². The number of hydrogen-bond donors (Lipinski definition) is 1. The van der Waals surface area contributed by atoms with Crippen molar-refractivity contribution in [3.8, 4) is 6.07 Å². The van der Waals surface area contributed by atoms with E-state index >= 15 is 0 Å². The summed E-state index contributed by atoms with van der Waals surface area (Å²) in [5.74, 6) is 1.06. The topological polar surface area (TPSA) is 27.0 Å². The Labute approximate surface area is 74.6 Å². The Morgan fingerprint density at radius 1 is 1.64 bits per heavy atom. The zero-order valence-corrected chi connectivity index (χ0v) is 8.14. The fourth-order valence-electron chi connectivity index (χ4n) is 0.940. The normalized spacial score (nSPS) is 13.0. The highest BCUT2D eigenvalue weighted by Crippen LogP contribution is 1.97. The summed E-state index contributed by atoms with van der Waals surface area (Å²) in [6.45, 7) is 3.84.